The van der Waals surface area contributed by atoms with Crippen molar-refractivity contribution in [2.45, 2.75) is 18.9 Å². The summed E-state index contributed by atoms with van der Waals surface area (Å²) in [6.45, 7) is 5.96. The summed E-state index contributed by atoms with van der Waals surface area (Å²) >= 11 is 0. The molecule has 3 heterocycles. The molecular formula is C21H27N3O3. The van der Waals surface area contributed by atoms with Crippen LogP contribution in [0.5, 0.6) is 0 Å². The number of carbonyl (C=O) groups is 1. The third kappa shape index (κ3) is 4.34. The van der Waals surface area contributed by atoms with Gasteiger partial charge in [0, 0.05) is 30.9 Å². The van der Waals surface area contributed by atoms with Crippen molar-refractivity contribution in [2.24, 2.45) is 0 Å². The van der Waals surface area contributed by atoms with E-state index < -0.39 is 0 Å². The summed E-state index contributed by atoms with van der Waals surface area (Å²) in [5, 5.41) is 3.09. The molecule has 0 spiro atoms. The Labute approximate surface area is 160 Å². The van der Waals surface area contributed by atoms with Crippen molar-refractivity contribution in [3.05, 3.63) is 54.0 Å². The molecule has 0 saturated carbocycles. The van der Waals surface area contributed by atoms with Gasteiger partial charge < -0.3 is 19.4 Å². The number of furan rings is 1. The Morgan fingerprint density at radius 1 is 1.04 bits per heavy atom. The number of morpholine rings is 1. The number of hydrogen-bond donors (Lipinski definition) is 1. The maximum Gasteiger partial charge on any atom is 0.251 e. The van der Waals surface area contributed by atoms with Crippen LogP contribution in [0.15, 0.2) is 47.1 Å². The van der Waals surface area contributed by atoms with Crippen LogP contribution in [0, 0.1) is 0 Å². The first kappa shape index (κ1) is 18.1. The molecule has 1 aromatic carbocycles. The fourth-order valence-electron chi connectivity index (χ4n) is 3.88. The van der Waals surface area contributed by atoms with Gasteiger partial charge in [-0.05, 0) is 62.3 Å². The summed E-state index contributed by atoms with van der Waals surface area (Å²) in [5.74, 6) is 0.874. The summed E-state index contributed by atoms with van der Waals surface area (Å²) in [6.07, 6.45) is 4.10. The second-order valence-corrected chi connectivity index (χ2v) is 7.13. The molecule has 1 unspecified atom stereocenters. The summed E-state index contributed by atoms with van der Waals surface area (Å²) in [6, 6.07) is 11.8. The Morgan fingerprint density at radius 2 is 1.78 bits per heavy atom. The van der Waals surface area contributed by atoms with Gasteiger partial charge in [-0.2, -0.15) is 0 Å². The van der Waals surface area contributed by atoms with Crippen LogP contribution in [0.1, 0.15) is 35.0 Å². The number of benzene rings is 1. The van der Waals surface area contributed by atoms with Crippen molar-refractivity contribution in [3.63, 3.8) is 0 Å². The van der Waals surface area contributed by atoms with Crippen LogP contribution in [0.2, 0.25) is 0 Å². The van der Waals surface area contributed by atoms with E-state index in [1.807, 2.05) is 36.4 Å². The van der Waals surface area contributed by atoms with E-state index in [0.717, 1.165) is 50.8 Å². The smallest absolute Gasteiger partial charge is 0.251 e. The Morgan fingerprint density at radius 3 is 2.44 bits per heavy atom. The Kier molecular flexibility index (Phi) is 5.75. The molecule has 2 saturated heterocycles. The fourth-order valence-corrected chi connectivity index (χ4v) is 3.88. The summed E-state index contributed by atoms with van der Waals surface area (Å²) < 4.78 is 11.0. The SMILES string of the molecule is O=C(NCC(c1ccco1)N1CCCC1)c1ccc(N2CCOCC2)cc1. The Hall–Kier alpha value is -2.31. The molecule has 1 amide bonds. The second-order valence-electron chi connectivity index (χ2n) is 7.13. The quantitative estimate of drug-likeness (QED) is 0.848. The predicted molar refractivity (Wildman–Crippen MR) is 104 cm³/mol. The number of anilines is 1. The van der Waals surface area contributed by atoms with Gasteiger partial charge in [0.25, 0.3) is 5.91 Å². The van der Waals surface area contributed by atoms with Crippen molar-refractivity contribution >= 4 is 11.6 Å². The number of ether oxygens (including phenoxy) is 1. The third-order valence-corrected chi connectivity index (χ3v) is 5.41. The normalized spacial score (nSPS) is 19.2. The maximum absolute atomic E-state index is 12.6. The fraction of sp³-hybridized carbons (Fsp3) is 0.476. The number of nitrogens with one attached hydrogen (secondary N) is 1. The first-order chi connectivity index (χ1) is 13.3. The second kappa shape index (κ2) is 8.59. The number of carbonyl (C=O) groups excluding carboxylic acids is 1. The molecule has 27 heavy (non-hydrogen) atoms. The maximum atomic E-state index is 12.6. The van der Waals surface area contributed by atoms with Gasteiger partial charge in [-0.15, -0.1) is 0 Å². The van der Waals surface area contributed by atoms with E-state index in [0.29, 0.717) is 12.1 Å². The Bertz CT molecular complexity index is 718. The summed E-state index contributed by atoms with van der Waals surface area (Å²) in [5.41, 5.74) is 1.83. The predicted octanol–water partition coefficient (Wildman–Crippen LogP) is 2.68. The van der Waals surface area contributed by atoms with Gasteiger partial charge in [0.1, 0.15) is 5.76 Å². The molecule has 1 N–H and O–H groups in total. The highest BCUT2D eigenvalue weighted by Crippen LogP contribution is 2.25. The van der Waals surface area contributed by atoms with Gasteiger partial charge in [0.15, 0.2) is 0 Å². The molecular weight excluding hydrogens is 342 g/mol. The molecule has 0 bridgehead atoms. The minimum absolute atomic E-state index is 0.0423. The minimum atomic E-state index is -0.0423. The van der Waals surface area contributed by atoms with E-state index in [4.69, 9.17) is 9.15 Å². The molecule has 2 aliphatic heterocycles. The first-order valence-corrected chi connectivity index (χ1v) is 9.80. The lowest BCUT2D eigenvalue weighted by Crippen LogP contribution is -2.37. The van der Waals surface area contributed by atoms with E-state index >= 15 is 0 Å². The molecule has 2 fully saturated rings. The van der Waals surface area contributed by atoms with Crippen LogP contribution < -0.4 is 10.2 Å². The third-order valence-electron chi connectivity index (χ3n) is 5.41. The highest BCUT2D eigenvalue weighted by atomic mass is 16.5. The van der Waals surface area contributed by atoms with Gasteiger partial charge in [-0.1, -0.05) is 0 Å². The molecule has 6 heteroatoms. The molecule has 144 valence electrons. The van der Waals surface area contributed by atoms with Crippen molar-refractivity contribution in [1.82, 2.24) is 10.2 Å². The highest BCUT2D eigenvalue weighted by Gasteiger charge is 2.26. The average Bonchev–Trinajstić information content (AvgIpc) is 3.44. The van der Waals surface area contributed by atoms with Gasteiger partial charge >= 0.3 is 0 Å². The highest BCUT2D eigenvalue weighted by molar-refractivity contribution is 5.94. The molecule has 1 aromatic heterocycles. The van der Waals surface area contributed by atoms with Crippen LogP contribution in [0.3, 0.4) is 0 Å². The Balaban J connectivity index is 1.37. The summed E-state index contributed by atoms with van der Waals surface area (Å²) in [4.78, 5) is 17.3. The lowest BCUT2D eigenvalue weighted by molar-refractivity contribution is 0.0933. The molecule has 0 radical (unpaired) electrons. The van der Waals surface area contributed by atoms with E-state index in [9.17, 15) is 4.79 Å². The van der Waals surface area contributed by atoms with Crippen LogP contribution in [0.25, 0.3) is 0 Å². The number of amides is 1. The molecule has 2 aliphatic rings. The van der Waals surface area contributed by atoms with Crippen LogP contribution in [-0.4, -0.2) is 56.7 Å². The van der Waals surface area contributed by atoms with E-state index in [-0.39, 0.29) is 11.9 Å². The lowest BCUT2D eigenvalue weighted by Gasteiger charge is -2.29. The minimum Gasteiger partial charge on any atom is -0.468 e. The number of nitrogens with zero attached hydrogens (tertiary/aromatic N) is 2. The van der Waals surface area contributed by atoms with Crippen molar-refractivity contribution in [1.29, 1.82) is 0 Å². The van der Waals surface area contributed by atoms with Crippen molar-refractivity contribution in [2.75, 3.05) is 50.8 Å². The molecule has 4 rings (SSSR count). The monoisotopic (exact) mass is 369 g/mol. The zero-order valence-electron chi connectivity index (χ0n) is 15.6. The van der Waals surface area contributed by atoms with E-state index in [1.54, 1.807) is 6.26 Å². The molecule has 2 aromatic rings. The molecule has 6 nitrogen and oxygen atoms in total. The first-order valence-electron chi connectivity index (χ1n) is 9.80. The zero-order valence-corrected chi connectivity index (χ0v) is 15.6. The molecule has 1 atom stereocenters. The van der Waals surface area contributed by atoms with Crippen LogP contribution >= 0.6 is 0 Å². The van der Waals surface area contributed by atoms with Gasteiger partial charge in [0.2, 0.25) is 0 Å². The van der Waals surface area contributed by atoms with E-state index in [2.05, 4.69) is 15.1 Å². The average molecular weight is 369 g/mol. The largest absolute Gasteiger partial charge is 0.468 e. The van der Waals surface area contributed by atoms with Gasteiger partial charge in [0.05, 0.1) is 25.5 Å². The van der Waals surface area contributed by atoms with Crippen molar-refractivity contribution in [3.8, 4) is 0 Å². The van der Waals surface area contributed by atoms with Gasteiger partial charge in [-0.3, -0.25) is 9.69 Å². The topological polar surface area (TPSA) is 58.0 Å². The number of rotatable bonds is 6. The summed E-state index contributed by atoms with van der Waals surface area (Å²) in [7, 11) is 0. The lowest BCUT2D eigenvalue weighted by atomic mass is 10.1. The van der Waals surface area contributed by atoms with Gasteiger partial charge in [-0.25, -0.2) is 0 Å². The standard InChI is InChI=1S/C21H27N3O3/c25-21(17-5-7-18(8-6-17)23-11-14-26-15-12-23)22-16-19(20-4-3-13-27-20)24-9-1-2-10-24/h3-8,13,19H,1-2,9-12,14-16H2,(H,22,25). The number of likely N-dealkylation sites (tertiary alicyclic amines) is 1. The number of hydrogen-bond acceptors (Lipinski definition) is 5. The van der Waals surface area contributed by atoms with Crippen LogP contribution in [0.4, 0.5) is 5.69 Å². The van der Waals surface area contributed by atoms with E-state index in [1.165, 1.54) is 12.8 Å². The molecule has 0 aliphatic carbocycles. The van der Waals surface area contributed by atoms with Crippen LogP contribution in [-0.2, 0) is 4.74 Å². The zero-order chi connectivity index (χ0) is 18.5. The van der Waals surface area contributed by atoms with Crippen molar-refractivity contribution < 1.29 is 13.9 Å².